The molecular formula is C28H35N3O10S. The van der Waals surface area contributed by atoms with Crippen LogP contribution >= 0.6 is 0 Å². The second kappa shape index (κ2) is 15.6. The van der Waals surface area contributed by atoms with Gasteiger partial charge in [0.05, 0.1) is 4.92 Å². The zero-order valence-corrected chi connectivity index (χ0v) is 24.5. The van der Waals surface area contributed by atoms with Crippen LogP contribution in [0, 0.1) is 10.1 Å². The molecule has 0 radical (unpaired) electrons. The average molecular weight is 606 g/mol. The Balaban J connectivity index is 2.35. The molecule has 0 bridgehead atoms. The third-order valence-electron chi connectivity index (χ3n) is 5.43. The lowest BCUT2D eigenvalue weighted by molar-refractivity contribution is -0.387. The van der Waals surface area contributed by atoms with Gasteiger partial charge in [-0.15, -0.1) is 0 Å². The molecule has 0 aliphatic heterocycles. The van der Waals surface area contributed by atoms with Crippen LogP contribution in [-0.4, -0.2) is 67.0 Å². The molecule has 42 heavy (non-hydrogen) atoms. The Morgan fingerprint density at radius 2 is 1.69 bits per heavy atom. The zero-order chi connectivity index (χ0) is 31.3. The molecule has 0 spiro atoms. The van der Waals surface area contributed by atoms with E-state index in [0.29, 0.717) is 4.31 Å². The molecule has 0 saturated carbocycles. The van der Waals surface area contributed by atoms with E-state index in [9.17, 15) is 32.9 Å². The highest BCUT2D eigenvalue weighted by molar-refractivity contribution is 7.89. The molecule has 0 fully saturated rings. The Hall–Kier alpha value is -4.30. The molecule has 2 rings (SSSR count). The molecule has 1 atom stereocenters. The van der Waals surface area contributed by atoms with Crippen LogP contribution in [0.1, 0.15) is 39.2 Å². The Morgan fingerprint density at radius 3 is 2.31 bits per heavy atom. The van der Waals surface area contributed by atoms with Gasteiger partial charge in [-0.25, -0.2) is 13.2 Å². The molecule has 0 heterocycles. The van der Waals surface area contributed by atoms with E-state index in [4.69, 9.17) is 14.2 Å². The number of nitrogens with one attached hydrogen (secondary N) is 1. The average Bonchev–Trinajstić information content (AvgIpc) is 2.92. The quantitative estimate of drug-likeness (QED) is 0.104. The highest BCUT2D eigenvalue weighted by Gasteiger charge is 2.35. The maximum Gasteiger partial charge on any atom is 0.407 e. The molecule has 1 amide bonds. The molecule has 2 aromatic carbocycles. The van der Waals surface area contributed by atoms with E-state index in [1.54, 1.807) is 45.0 Å². The van der Waals surface area contributed by atoms with Crippen LogP contribution in [0.5, 0.6) is 0 Å². The van der Waals surface area contributed by atoms with Crippen LogP contribution < -0.4 is 5.32 Å². The number of nitro benzene ring substituents is 1. The molecule has 0 aromatic heterocycles. The topological polar surface area (TPSA) is 171 Å². The lowest BCUT2D eigenvalue weighted by Gasteiger charge is -2.28. The summed E-state index contributed by atoms with van der Waals surface area (Å²) in [6.45, 7) is 6.74. The maximum absolute atomic E-state index is 13.7. The van der Waals surface area contributed by atoms with Gasteiger partial charge >= 0.3 is 18.0 Å². The number of nitro groups is 1. The Kier molecular flexibility index (Phi) is 12.6. The van der Waals surface area contributed by atoms with E-state index in [-0.39, 0.29) is 26.1 Å². The highest BCUT2D eigenvalue weighted by Crippen LogP contribution is 2.27. The number of alkyl carbamates (subject to hydrolysis) is 1. The number of nitrogens with zero attached hydrogens (tertiary/aromatic N) is 2. The van der Waals surface area contributed by atoms with E-state index in [2.05, 4.69) is 11.9 Å². The third-order valence-corrected chi connectivity index (χ3v) is 7.29. The summed E-state index contributed by atoms with van der Waals surface area (Å²) in [5.74, 6) is -1.58. The lowest BCUT2D eigenvalue weighted by Crippen LogP contribution is -2.48. The van der Waals surface area contributed by atoms with Gasteiger partial charge in [-0.05, 0) is 38.8 Å². The van der Waals surface area contributed by atoms with E-state index in [1.165, 1.54) is 18.2 Å². The predicted molar refractivity (Wildman–Crippen MR) is 152 cm³/mol. The number of carbonyl (C=O) groups excluding carboxylic acids is 3. The lowest BCUT2D eigenvalue weighted by atomic mass is 10.1. The summed E-state index contributed by atoms with van der Waals surface area (Å²) in [6.07, 6.45) is 0.0417. The second-order valence-electron chi connectivity index (χ2n) is 10.0. The number of benzene rings is 2. The normalized spacial score (nSPS) is 12.2. The third kappa shape index (κ3) is 11.3. The molecule has 14 heteroatoms. The van der Waals surface area contributed by atoms with E-state index < -0.39 is 68.3 Å². The van der Waals surface area contributed by atoms with Crippen molar-refractivity contribution in [1.29, 1.82) is 0 Å². The van der Waals surface area contributed by atoms with Crippen molar-refractivity contribution in [2.75, 3.05) is 19.7 Å². The number of carbonyl (C=O) groups is 3. The van der Waals surface area contributed by atoms with Crippen molar-refractivity contribution in [2.45, 2.75) is 56.8 Å². The number of amides is 1. The fraction of sp³-hybridized carbons (Fsp3) is 0.393. The maximum atomic E-state index is 13.7. The molecule has 1 N–H and O–H groups in total. The van der Waals surface area contributed by atoms with E-state index >= 15 is 0 Å². The minimum atomic E-state index is -4.69. The zero-order valence-electron chi connectivity index (χ0n) is 23.7. The number of hydrogen-bond donors (Lipinski definition) is 1. The first-order chi connectivity index (χ1) is 19.7. The van der Waals surface area contributed by atoms with Crippen molar-refractivity contribution in [3.05, 3.63) is 82.9 Å². The van der Waals surface area contributed by atoms with Crippen molar-refractivity contribution in [3.63, 3.8) is 0 Å². The van der Waals surface area contributed by atoms with Gasteiger partial charge in [0.1, 0.15) is 25.4 Å². The van der Waals surface area contributed by atoms with Gasteiger partial charge in [-0.2, -0.15) is 4.31 Å². The van der Waals surface area contributed by atoms with Crippen LogP contribution in [0.4, 0.5) is 10.5 Å². The molecule has 228 valence electrons. The van der Waals surface area contributed by atoms with Gasteiger partial charge < -0.3 is 19.5 Å². The van der Waals surface area contributed by atoms with Crippen LogP contribution in [0.15, 0.2) is 72.1 Å². The van der Waals surface area contributed by atoms with Gasteiger partial charge in [0.15, 0.2) is 4.90 Å². The first-order valence-corrected chi connectivity index (χ1v) is 14.4. The summed E-state index contributed by atoms with van der Waals surface area (Å²) in [6, 6.07) is 12.5. The summed E-state index contributed by atoms with van der Waals surface area (Å²) in [5, 5.41) is 14.1. The van der Waals surface area contributed by atoms with Crippen LogP contribution in [0.25, 0.3) is 0 Å². The number of rotatable bonds is 15. The van der Waals surface area contributed by atoms with Gasteiger partial charge in [0.25, 0.3) is 15.7 Å². The Morgan fingerprint density at radius 1 is 1.05 bits per heavy atom. The molecule has 0 aliphatic rings. The van der Waals surface area contributed by atoms with Gasteiger partial charge in [-0.1, -0.05) is 55.1 Å². The van der Waals surface area contributed by atoms with Gasteiger partial charge in [0.2, 0.25) is 0 Å². The number of para-hydroxylation sites is 1. The Labute approximate surface area is 244 Å². The second-order valence-corrected chi connectivity index (χ2v) is 11.9. The minimum Gasteiger partial charge on any atom is -0.461 e. The fourth-order valence-electron chi connectivity index (χ4n) is 3.59. The summed E-state index contributed by atoms with van der Waals surface area (Å²) in [7, 11) is -4.69. The van der Waals surface area contributed by atoms with Gasteiger partial charge in [-0.3, -0.25) is 19.7 Å². The monoisotopic (exact) mass is 605 g/mol. The first-order valence-electron chi connectivity index (χ1n) is 12.9. The fourth-order valence-corrected chi connectivity index (χ4v) is 5.17. The van der Waals surface area contributed by atoms with Crippen molar-refractivity contribution < 1.29 is 41.9 Å². The smallest absolute Gasteiger partial charge is 0.407 e. The molecule has 0 aliphatic carbocycles. The van der Waals surface area contributed by atoms with Crippen LogP contribution in [0.3, 0.4) is 0 Å². The number of esters is 2. The van der Waals surface area contributed by atoms with Crippen molar-refractivity contribution in [3.8, 4) is 0 Å². The van der Waals surface area contributed by atoms with E-state index in [1.807, 2.05) is 6.07 Å². The molecule has 13 nitrogen and oxygen atoms in total. The molecule has 2 aromatic rings. The molecular weight excluding hydrogens is 570 g/mol. The number of sulfonamides is 1. The van der Waals surface area contributed by atoms with Crippen LogP contribution in [-0.2, 0) is 40.4 Å². The summed E-state index contributed by atoms with van der Waals surface area (Å²) in [5.41, 5.74) is -0.842. The van der Waals surface area contributed by atoms with Gasteiger partial charge in [0, 0.05) is 25.1 Å². The van der Waals surface area contributed by atoms with Crippen molar-refractivity contribution in [1.82, 2.24) is 9.62 Å². The Bertz CT molecular complexity index is 1360. The van der Waals surface area contributed by atoms with Crippen LogP contribution in [0.2, 0.25) is 0 Å². The minimum absolute atomic E-state index is 0.0111. The summed E-state index contributed by atoms with van der Waals surface area (Å²) < 4.78 is 43.5. The van der Waals surface area contributed by atoms with Crippen molar-refractivity contribution >= 4 is 33.7 Å². The summed E-state index contributed by atoms with van der Waals surface area (Å²) >= 11 is 0. The standard InChI is InChI=1S/C28H35N3O10S/c1-5-17-39-26(33)19-30(42(37,38)24-14-10-9-13-23(24)31(35)36)18-22(29-27(34)41-28(2,3)4)15-16-25(32)40-20-21-11-7-6-8-12-21/h5-14,22H,1,15-20H2,2-4H3,(H,29,34)/t22-/m1/s1. The predicted octanol–water partition coefficient (Wildman–Crippen LogP) is 3.73. The highest BCUT2D eigenvalue weighted by atomic mass is 32.2. The number of hydrogen-bond acceptors (Lipinski definition) is 10. The number of ether oxygens (including phenoxy) is 3. The summed E-state index contributed by atoms with van der Waals surface area (Å²) in [4.78, 5) is 47.7. The molecule has 0 unspecified atom stereocenters. The molecule has 0 saturated heterocycles. The largest absolute Gasteiger partial charge is 0.461 e. The first kappa shape index (κ1) is 33.9. The van der Waals surface area contributed by atoms with Crippen molar-refractivity contribution in [2.24, 2.45) is 0 Å². The van der Waals surface area contributed by atoms with E-state index in [0.717, 1.165) is 17.7 Å². The SMILES string of the molecule is C=CCOC(=O)CN(C[C@@H](CCC(=O)OCc1ccccc1)NC(=O)OC(C)(C)C)S(=O)(=O)c1ccccc1[N+](=O)[O-].